The Labute approximate surface area is 109 Å². The summed E-state index contributed by atoms with van der Waals surface area (Å²) in [6.07, 6.45) is 2.55. The van der Waals surface area contributed by atoms with E-state index >= 15 is 0 Å². The number of hydrogen-bond donors (Lipinski definition) is 2. The third kappa shape index (κ3) is 6.37. The number of piperidine rings is 1. The summed E-state index contributed by atoms with van der Waals surface area (Å²) < 4.78 is 4.54. The van der Waals surface area contributed by atoms with E-state index in [1.165, 1.54) is 25.9 Å². The van der Waals surface area contributed by atoms with E-state index in [9.17, 15) is 4.79 Å². The molecule has 1 heterocycles. The number of benzene rings is 1. The molecule has 0 aliphatic carbocycles. The Morgan fingerprint density at radius 2 is 1.94 bits per heavy atom. The van der Waals surface area contributed by atoms with Gasteiger partial charge in [-0.2, -0.15) is 0 Å². The van der Waals surface area contributed by atoms with Crippen LogP contribution in [0.5, 0.6) is 0 Å². The molecule has 2 rings (SSSR count). The van der Waals surface area contributed by atoms with Crippen LogP contribution in [0, 0.1) is 5.92 Å². The normalized spacial score (nSPS) is 15.4. The molecule has 0 radical (unpaired) electrons. The Hall–Kier alpha value is -1.39. The highest BCUT2D eigenvalue weighted by Crippen LogP contribution is 2.08. The molecule has 0 aromatic heterocycles. The fourth-order valence-corrected chi connectivity index (χ4v) is 1.82. The molecular formula is C14H22N2O2. The van der Waals surface area contributed by atoms with Gasteiger partial charge in [-0.1, -0.05) is 30.3 Å². The lowest BCUT2D eigenvalue weighted by molar-refractivity contribution is -0.129. The molecule has 0 saturated carbocycles. The monoisotopic (exact) mass is 250 g/mol. The second kappa shape index (κ2) is 9.62. The second-order valence-electron chi connectivity index (χ2n) is 4.32. The predicted molar refractivity (Wildman–Crippen MR) is 71.9 cm³/mol. The summed E-state index contributed by atoms with van der Waals surface area (Å²) in [4.78, 5) is 9.76. The summed E-state index contributed by atoms with van der Waals surface area (Å²) in [7, 11) is 0. The van der Waals surface area contributed by atoms with Crippen LogP contribution < -0.4 is 11.1 Å². The van der Waals surface area contributed by atoms with Gasteiger partial charge in [0, 0.05) is 0 Å². The molecular weight excluding hydrogens is 228 g/mol. The second-order valence-corrected chi connectivity index (χ2v) is 4.32. The van der Waals surface area contributed by atoms with Gasteiger partial charge in [0.1, 0.15) is 6.61 Å². The molecule has 1 aromatic rings. The van der Waals surface area contributed by atoms with Gasteiger partial charge >= 0.3 is 0 Å². The van der Waals surface area contributed by atoms with Gasteiger partial charge in [0.15, 0.2) is 0 Å². The fraction of sp³-hybridized carbons (Fsp3) is 0.500. The molecule has 0 unspecified atom stereocenters. The maximum absolute atomic E-state index is 9.76. The minimum absolute atomic E-state index is 0.365. The molecule has 1 aromatic carbocycles. The summed E-state index contributed by atoms with van der Waals surface area (Å²) in [5.74, 6) is 0.802. The highest BCUT2D eigenvalue weighted by molar-refractivity contribution is 5.37. The summed E-state index contributed by atoms with van der Waals surface area (Å²) in [5, 5.41) is 3.29. The number of carbonyl (C=O) groups is 1. The van der Waals surface area contributed by atoms with Crippen LogP contribution in [0.4, 0.5) is 0 Å². The van der Waals surface area contributed by atoms with E-state index in [2.05, 4.69) is 10.1 Å². The van der Waals surface area contributed by atoms with E-state index in [0.29, 0.717) is 13.1 Å². The van der Waals surface area contributed by atoms with Gasteiger partial charge in [-0.25, -0.2) is 0 Å². The maximum Gasteiger partial charge on any atom is 0.293 e. The highest BCUT2D eigenvalue weighted by Gasteiger charge is 2.09. The number of hydrogen-bond acceptors (Lipinski definition) is 4. The van der Waals surface area contributed by atoms with Crippen LogP contribution in [-0.2, 0) is 16.1 Å². The van der Waals surface area contributed by atoms with Crippen LogP contribution in [0.1, 0.15) is 18.4 Å². The first kappa shape index (κ1) is 14.7. The number of nitrogens with two attached hydrogens (primary N) is 1. The molecule has 0 spiro atoms. The molecule has 4 heteroatoms. The highest BCUT2D eigenvalue weighted by atomic mass is 16.5. The first-order chi connectivity index (χ1) is 8.86. The van der Waals surface area contributed by atoms with Crippen molar-refractivity contribution in [2.45, 2.75) is 19.4 Å². The van der Waals surface area contributed by atoms with E-state index < -0.39 is 0 Å². The van der Waals surface area contributed by atoms with Crippen molar-refractivity contribution in [1.29, 1.82) is 0 Å². The molecule has 0 amide bonds. The zero-order valence-electron chi connectivity index (χ0n) is 10.7. The lowest BCUT2D eigenvalue weighted by Gasteiger charge is -2.20. The van der Waals surface area contributed by atoms with Crippen LogP contribution in [0.25, 0.3) is 0 Å². The molecule has 18 heavy (non-hydrogen) atoms. The van der Waals surface area contributed by atoms with Crippen molar-refractivity contribution in [3.05, 3.63) is 35.9 Å². The number of ether oxygens (including phenoxy) is 1. The van der Waals surface area contributed by atoms with Crippen LogP contribution in [0.3, 0.4) is 0 Å². The molecule has 1 aliphatic heterocycles. The van der Waals surface area contributed by atoms with Gasteiger partial charge in [-0.05, 0) is 44.0 Å². The zero-order valence-corrected chi connectivity index (χ0v) is 10.7. The minimum atomic E-state index is 0.365. The molecule has 4 nitrogen and oxygen atoms in total. The maximum atomic E-state index is 9.76. The Balaban J connectivity index is 0.000000184. The van der Waals surface area contributed by atoms with Crippen molar-refractivity contribution in [3.63, 3.8) is 0 Å². The zero-order chi connectivity index (χ0) is 13.1. The molecule has 1 aliphatic rings. The fourth-order valence-electron chi connectivity index (χ4n) is 1.82. The minimum Gasteiger partial charge on any atom is -0.463 e. The van der Waals surface area contributed by atoms with Crippen molar-refractivity contribution in [1.82, 2.24) is 5.32 Å². The smallest absolute Gasteiger partial charge is 0.293 e. The molecule has 100 valence electrons. The van der Waals surface area contributed by atoms with Gasteiger partial charge in [0.25, 0.3) is 6.47 Å². The van der Waals surface area contributed by atoms with E-state index in [4.69, 9.17) is 5.73 Å². The SMILES string of the molecule is NCC1CCNCC1.O=COCc1ccccc1. The Morgan fingerprint density at radius 1 is 1.28 bits per heavy atom. The first-order valence-corrected chi connectivity index (χ1v) is 6.36. The summed E-state index contributed by atoms with van der Waals surface area (Å²) >= 11 is 0. The van der Waals surface area contributed by atoms with E-state index in [1.807, 2.05) is 30.3 Å². The van der Waals surface area contributed by atoms with E-state index in [1.54, 1.807) is 0 Å². The Bertz CT molecular complexity index is 311. The first-order valence-electron chi connectivity index (χ1n) is 6.36. The molecule has 1 saturated heterocycles. The topological polar surface area (TPSA) is 64.3 Å². The summed E-state index contributed by atoms with van der Waals surface area (Å²) in [6.45, 7) is 4.03. The van der Waals surface area contributed by atoms with E-state index in [-0.39, 0.29) is 0 Å². The van der Waals surface area contributed by atoms with Crippen molar-refractivity contribution in [2.24, 2.45) is 11.7 Å². The average Bonchev–Trinajstić information content (AvgIpc) is 2.48. The number of carbonyl (C=O) groups excluding carboxylic acids is 1. The van der Waals surface area contributed by atoms with Gasteiger partial charge in [0.2, 0.25) is 0 Å². The molecule has 0 bridgehead atoms. The van der Waals surface area contributed by atoms with Crippen LogP contribution in [-0.4, -0.2) is 26.1 Å². The van der Waals surface area contributed by atoms with Gasteiger partial charge in [-0.3, -0.25) is 4.79 Å². The van der Waals surface area contributed by atoms with Crippen LogP contribution in [0.15, 0.2) is 30.3 Å². The lowest BCUT2D eigenvalue weighted by Crippen LogP contribution is -2.31. The standard InChI is InChI=1S/C8H8O2.C6H14N2/c9-7-10-6-8-4-2-1-3-5-8;7-5-6-1-3-8-4-2-6/h1-5,7H,6H2;6,8H,1-5,7H2. The summed E-state index contributed by atoms with van der Waals surface area (Å²) in [5.41, 5.74) is 6.48. The molecule has 0 atom stereocenters. The van der Waals surface area contributed by atoms with Crippen molar-refractivity contribution < 1.29 is 9.53 Å². The quantitative estimate of drug-likeness (QED) is 0.791. The third-order valence-electron chi connectivity index (χ3n) is 2.95. The van der Waals surface area contributed by atoms with E-state index in [0.717, 1.165) is 18.0 Å². The predicted octanol–water partition coefficient (Wildman–Crippen LogP) is 1.30. The number of nitrogens with one attached hydrogen (secondary N) is 1. The Morgan fingerprint density at radius 3 is 2.44 bits per heavy atom. The van der Waals surface area contributed by atoms with Crippen LogP contribution >= 0.6 is 0 Å². The van der Waals surface area contributed by atoms with Crippen molar-refractivity contribution in [2.75, 3.05) is 19.6 Å². The average molecular weight is 250 g/mol. The lowest BCUT2D eigenvalue weighted by atomic mass is 9.99. The van der Waals surface area contributed by atoms with Gasteiger partial charge in [0.05, 0.1) is 0 Å². The van der Waals surface area contributed by atoms with Gasteiger partial charge in [-0.15, -0.1) is 0 Å². The van der Waals surface area contributed by atoms with Crippen molar-refractivity contribution in [3.8, 4) is 0 Å². The van der Waals surface area contributed by atoms with Gasteiger partial charge < -0.3 is 15.8 Å². The molecule has 1 fully saturated rings. The summed E-state index contributed by atoms with van der Waals surface area (Å²) in [6, 6.07) is 9.55. The molecule has 3 N–H and O–H groups in total. The Kier molecular flexibility index (Phi) is 7.84. The van der Waals surface area contributed by atoms with Crippen LogP contribution in [0.2, 0.25) is 0 Å². The largest absolute Gasteiger partial charge is 0.463 e. The number of rotatable bonds is 4. The third-order valence-corrected chi connectivity index (χ3v) is 2.95. The van der Waals surface area contributed by atoms with Crippen molar-refractivity contribution >= 4 is 6.47 Å².